The van der Waals surface area contributed by atoms with Crippen LogP contribution in [-0.4, -0.2) is 29.9 Å². The Bertz CT molecular complexity index is 371. The minimum Gasteiger partial charge on any atom is -0.338 e. The van der Waals surface area contributed by atoms with Crippen molar-refractivity contribution in [3.8, 4) is 0 Å². The van der Waals surface area contributed by atoms with E-state index in [-0.39, 0.29) is 12.5 Å². The molecule has 3 nitrogen and oxygen atoms in total. The number of nitrogens with two attached hydrogens (primary N) is 1. The maximum atomic E-state index is 11.9. The van der Waals surface area contributed by atoms with Crippen LogP contribution in [0.1, 0.15) is 31.2 Å². The van der Waals surface area contributed by atoms with Crippen LogP contribution in [0.3, 0.4) is 0 Å². The van der Waals surface area contributed by atoms with Gasteiger partial charge in [0.15, 0.2) is 0 Å². The maximum absolute atomic E-state index is 11.9. The van der Waals surface area contributed by atoms with Gasteiger partial charge in [0.1, 0.15) is 0 Å². The SMILES string of the molecule is NCC(=O)N(CCc1ccccc1)C1CCCC1. The lowest BCUT2D eigenvalue weighted by Crippen LogP contribution is -2.43. The Morgan fingerprint density at radius 3 is 2.50 bits per heavy atom. The zero-order valence-corrected chi connectivity index (χ0v) is 10.8. The number of carbonyl (C=O) groups excluding carboxylic acids is 1. The summed E-state index contributed by atoms with van der Waals surface area (Å²) < 4.78 is 0. The fourth-order valence-corrected chi connectivity index (χ4v) is 2.74. The summed E-state index contributed by atoms with van der Waals surface area (Å²) >= 11 is 0. The molecule has 98 valence electrons. The molecule has 1 aromatic rings. The van der Waals surface area contributed by atoms with Gasteiger partial charge in [0.2, 0.25) is 5.91 Å². The Morgan fingerprint density at radius 2 is 1.89 bits per heavy atom. The summed E-state index contributed by atoms with van der Waals surface area (Å²) in [5, 5.41) is 0. The Hall–Kier alpha value is -1.35. The van der Waals surface area contributed by atoms with Gasteiger partial charge in [-0.05, 0) is 24.8 Å². The van der Waals surface area contributed by atoms with Gasteiger partial charge in [0.25, 0.3) is 0 Å². The third-order valence-electron chi connectivity index (χ3n) is 3.74. The Kier molecular flexibility index (Phi) is 4.76. The Balaban J connectivity index is 1.94. The molecule has 0 atom stereocenters. The third kappa shape index (κ3) is 3.33. The number of carbonyl (C=O) groups is 1. The topological polar surface area (TPSA) is 46.3 Å². The highest BCUT2D eigenvalue weighted by Crippen LogP contribution is 2.23. The van der Waals surface area contributed by atoms with Gasteiger partial charge in [-0.1, -0.05) is 43.2 Å². The zero-order valence-electron chi connectivity index (χ0n) is 10.8. The molecule has 2 rings (SSSR count). The van der Waals surface area contributed by atoms with Gasteiger partial charge in [-0.15, -0.1) is 0 Å². The van der Waals surface area contributed by atoms with E-state index in [1.165, 1.54) is 18.4 Å². The van der Waals surface area contributed by atoms with E-state index in [1.807, 2.05) is 23.1 Å². The lowest BCUT2D eigenvalue weighted by atomic mass is 10.1. The fraction of sp³-hybridized carbons (Fsp3) is 0.533. The van der Waals surface area contributed by atoms with Gasteiger partial charge in [-0.3, -0.25) is 4.79 Å². The number of hydrogen-bond donors (Lipinski definition) is 1. The van der Waals surface area contributed by atoms with Crippen LogP contribution in [0.25, 0.3) is 0 Å². The normalized spacial score (nSPS) is 15.8. The van der Waals surface area contributed by atoms with Gasteiger partial charge in [0.05, 0.1) is 6.54 Å². The molecule has 18 heavy (non-hydrogen) atoms. The first-order chi connectivity index (χ1) is 8.81. The van der Waals surface area contributed by atoms with Gasteiger partial charge in [-0.25, -0.2) is 0 Å². The molecule has 0 aromatic heterocycles. The average molecular weight is 246 g/mol. The highest BCUT2D eigenvalue weighted by molar-refractivity contribution is 5.78. The molecular formula is C15H22N2O. The zero-order chi connectivity index (χ0) is 12.8. The molecule has 1 aliphatic rings. The van der Waals surface area contributed by atoms with Crippen LogP contribution in [0.2, 0.25) is 0 Å². The summed E-state index contributed by atoms with van der Waals surface area (Å²) in [4.78, 5) is 13.9. The highest BCUT2D eigenvalue weighted by atomic mass is 16.2. The van der Waals surface area contributed by atoms with E-state index >= 15 is 0 Å². The van der Waals surface area contributed by atoms with E-state index in [1.54, 1.807) is 0 Å². The molecule has 0 saturated heterocycles. The molecule has 0 bridgehead atoms. The van der Waals surface area contributed by atoms with Crippen molar-refractivity contribution >= 4 is 5.91 Å². The molecule has 0 aliphatic heterocycles. The number of hydrogen-bond acceptors (Lipinski definition) is 2. The van der Waals surface area contributed by atoms with Gasteiger partial charge >= 0.3 is 0 Å². The predicted octanol–water partition coefficient (Wildman–Crippen LogP) is 1.96. The van der Waals surface area contributed by atoms with Gasteiger partial charge in [-0.2, -0.15) is 0 Å². The molecule has 1 amide bonds. The number of nitrogens with zero attached hydrogens (tertiary/aromatic N) is 1. The van der Waals surface area contributed by atoms with Gasteiger partial charge in [0, 0.05) is 12.6 Å². The minimum atomic E-state index is 0.0952. The predicted molar refractivity (Wildman–Crippen MR) is 73.2 cm³/mol. The first kappa shape index (κ1) is 13.1. The van der Waals surface area contributed by atoms with Gasteiger partial charge < -0.3 is 10.6 Å². The molecule has 1 aliphatic carbocycles. The van der Waals surface area contributed by atoms with Crippen molar-refractivity contribution in [3.05, 3.63) is 35.9 Å². The molecule has 0 spiro atoms. The Labute approximate surface area is 109 Å². The van der Waals surface area contributed by atoms with Crippen LogP contribution in [-0.2, 0) is 11.2 Å². The first-order valence-electron chi connectivity index (χ1n) is 6.84. The summed E-state index contributed by atoms with van der Waals surface area (Å²) in [5.74, 6) is 0.0952. The summed E-state index contributed by atoms with van der Waals surface area (Å²) in [6.07, 6.45) is 5.68. The summed E-state index contributed by atoms with van der Waals surface area (Å²) in [5.41, 5.74) is 6.80. The second kappa shape index (κ2) is 6.55. The second-order valence-electron chi connectivity index (χ2n) is 4.97. The van der Waals surface area contributed by atoms with Crippen molar-refractivity contribution in [2.24, 2.45) is 5.73 Å². The molecule has 1 aromatic carbocycles. The van der Waals surface area contributed by atoms with E-state index in [4.69, 9.17) is 5.73 Å². The van der Waals surface area contributed by atoms with E-state index in [2.05, 4.69) is 12.1 Å². The maximum Gasteiger partial charge on any atom is 0.236 e. The molecule has 0 radical (unpaired) electrons. The summed E-state index contributed by atoms with van der Waals surface area (Å²) in [6.45, 7) is 0.927. The lowest BCUT2D eigenvalue weighted by Gasteiger charge is -2.28. The summed E-state index contributed by atoms with van der Waals surface area (Å²) in [6, 6.07) is 10.7. The monoisotopic (exact) mass is 246 g/mol. The highest BCUT2D eigenvalue weighted by Gasteiger charge is 2.25. The summed E-state index contributed by atoms with van der Waals surface area (Å²) in [7, 11) is 0. The molecule has 1 saturated carbocycles. The minimum absolute atomic E-state index is 0.0952. The van der Waals surface area contributed by atoms with Crippen LogP contribution in [0.15, 0.2) is 30.3 Å². The van der Waals surface area contributed by atoms with E-state index in [9.17, 15) is 4.79 Å². The van der Waals surface area contributed by atoms with E-state index in [0.29, 0.717) is 6.04 Å². The standard InChI is InChI=1S/C15H22N2O/c16-12-15(18)17(14-8-4-5-9-14)11-10-13-6-2-1-3-7-13/h1-3,6-7,14H,4-5,8-12,16H2. The first-order valence-corrected chi connectivity index (χ1v) is 6.84. The molecule has 1 fully saturated rings. The van der Waals surface area contributed by atoms with Crippen LogP contribution in [0, 0.1) is 0 Å². The van der Waals surface area contributed by atoms with Crippen molar-refractivity contribution < 1.29 is 4.79 Å². The van der Waals surface area contributed by atoms with Crippen LogP contribution >= 0.6 is 0 Å². The molecule has 0 heterocycles. The molecule has 2 N–H and O–H groups in total. The molecule has 0 unspecified atom stereocenters. The second-order valence-corrected chi connectivity index (χ2v) is 4.97. The molecular weight excluding hydrogens is 224 g/mol. The number of benzene rings is 1. The quantitative estimate of drug-likeness (QED) is 0.863. The average Bonchev–Trinajstić information content (AvgIpc) is 2.94. The van der Waals surface area contributed by atoms with E-state index in [0.717, 1.165) is 25.8 Å². The Morgan fingerprint density at radius 1 is 1.22 bits per heavy atom. The largest absolute Gasteiger partial charge is 0.338 e. The van der Waals surface area contributed by atoms with Crippen molar-refractivity contribution in [2.45, 2.75) is 38.1 Å². The van der Waals surface area contributed by atoms with Crippen molar-refractivity contribution in [2.75, 3.05) is 13.1 Å². The number of amides is 1. The smallest absolute Gasteiger partial charge is 0.236 e. The fourth-order valence-electron chi connectivity index (χ4n) is 2.74. The molecule has 3 heteroatoms. The van der Waals surface area contributed by atoms with Crippen molar-refractivity contribution in [1.29, 1.82) is 0 Å². The van der Waals surface area contributed by atoms with Crippen molar-refractivity contribution in [1.82, 2.24) is 4.90 Å². The van der Waals surface area contributed by atoms with Crippen LogP contribution in [0.4, 0.5) is 0 Å². The van der Waals surface area contributed by atoms with Crippen LogP contribution < -0.4 is 5.73 Å². The van der Waals surface area contributed by atoms with Crippen LogP contribution in [0.5, 0.6) is 0 Å². The van der Waals surface area contributed by atoms with E-state index < -0.39 is 0 Å². The van der Waals surface area contributed by atoms with Crippen molar-refractivity contribution in [3.63, 3.8) is 0 Å². The number of rotatable bonds is 5. The lowest BCUT2D eigenvalue weighted by molar-refractivity contribution is -0.131. The third-order valence-corrected chi connectivity index (χ3v) is 3.74.